The Balaban J connectivity index is 1.51. The molecule has 3 N–H and O–H groups in total. The molecular weight excluding hydrogens is 278 g/mol. The first-order chi connectivity index (χ1) is 10.8. The molecule has 0 unspecified atom stereocenters. The van der Waals surface area contributed by atoms with Crippen molar-refractivity contribution in [3.05, 3.63) is 11.6 Å². The third kappa shape index (κ3) is 3.32. The number of carbonyl (C=O) groups is 1. The van der Waals surface area contributed by atoms with E-state index in [0.29, 0.717) is 19.0 Å². The van der Waals surface area contributed by atoms with Gasteiger partial charge in [0.2, 0.25) is 5.91 Å². The molecule has 2 heterocycles. The number of rotatable bonds is 5. The van der Waals surface area contributed by atoms with Crippen LogP contribution in [0.15, 0.2) is 0 Å². The minimum absolute atomic E-state index is 0.112. The van der Waals surface area contributed by atoms with Gasteiger partial charge in [-0.05, 0) is 38.1 Å². The largest absolute Gasteiger partial charge is 0.355 e. The van der Waals surface area contributed by atoms with E-state index in [1.165, 1.54) is 19.3 Å². The van der Waals surface area contributed by atoms with Crippen LogP contribution >= 0.6 is 0 Å². The Hall–Kier alpha value is -1.43. The van der Waals surface area contributed by atoms with Crippen LogP contribution in [0.5, 0.6) is 0 Å². The normalized spacial score (nSPS) is 24.8. The summed E-state index contributed by atoms with van der Waals surface area (Å²) in [5, 5.41) is 11.7. The molecule has 6 nitrogen and oxygen atoms in total. The highest BCUT2D eigenvalue weighted by atomic mass is 16.1. The highest BCUT2D eigenvalue weighted by Crippen LogP contribution is 2.30. The van der Waals surface area contributed by atoms with E-state index in [2.05, 4.69) is 20.1 Å². The Morgan fingerprint density at radius 2 is 2.14 bits per heavy atom. The summed E-state index contributed by atoms with van der Waals surface area (Å²) >= 11 is 0. The van der Waals surface area contributed by atoms with Crippen LogP contribution in [0, 0.1) is 11.8 Å². The van der Waals surface area contributed by atoms with Gasteiger partial charge < -0.3 is 15.6 Å². The first kappa shape index (κ1) is 15.5. The summed E-state index contributed by atoms with van der Waals surface area (Å²) in [5.74, 6) is 2.77. The van der Waals surface area contributed by atoms with Gasteiger partial charge >= 0.3 is 0 Å². The van der Waals surface area contributed by atoms with Gasteiger partial charge in [0.1, 0.15) is 11.6 Å². The lowest BCUT2D eigenvalue weighted by Gasteiger charge is -2.17. The Labute approximate surface area is 131 Å². The molecule has 2 aliphatic rings. The van der Waals surface area contributed by atoms with Crippen LogP contribution < -0.4 is 11.1 Å². The van der Waals surface area contributed by atoms with E-state index in [4.69, 9.17) is 5.73 Å². The number of nitrogens with two attached hydrogens (primary N) is 1. The van der Waals surface area contributed by atoms with Gasteiger partial charge in [-0.15, -0.1) is 10.2 Å². The molecule has 0 bridgehead atoms. The number of aromatic nitrogens is 3. The molecule has 22 heavy (non-hydrogen) atoms. The maximum atomic E-state index is 12.3. The van der Waals surface area contributed by atoms with E-state index >= 15 is 0 Å². The highest BCUT2D eigenvalue weighted by molar-refractivity contribution is 5.79. The number of nitrogens with zero attached hydrogens (tertiary/aromatic N) is 3. The third-order valence-corrected chi connectivity index (χ3v) is 5.13. The first-order valence-corrected chi connectivity index (χ1v) is 8.68. The van der Waals surface area contributed by atoms with Gasteiger partial charge in [-0.2, -0.15) is 0 Å². The van der Waals surface area contributed by atoms with Crippen LogP contribution in [0.2, 0.25) is 0 Å². The smallest absolute Gasteiger partial charge is 0.223 e. The number of nitrogens with one attached hydrogen (secondary N) is 1. The molecule has 1 aliphatic heterocycles. The van der Waals surface area contributed by atoms with Crippen LogP contribution in [0.1, 0.15) is 50.2 Å². The predicted octanol–water partition coefficient (Wildman–Crippen LogP) is 1.04. The summed E-state index contributed by atoms with van der Waals surface area (Å²) in [5.41, 5.74) is 5.76. The first-order valence-electron chi connectivity index (χ1n) is 8.68. The standard InChI is InChI=1S/C16H27N5O/c17-11-12-5-4-6-13(12)16(22)18-9-8-15-20-19-14-7-2-1-3-10-21(14)15/h12-13H,1-11,17H2,(H,18,22)/t12-,13-/m1/s1. The molecule has 1 fully saturated rings. The lowest BCUT2D eigenvalue weighted by atomic mass is 9.95. The molecule has 1 aromatic rings. The van der Waals surface area contributed by atoms with E-state index in [0.717, 1.165) is 50.3 Å². The van der Waals surface area contributed by atoms with Crippen LogP contribution in [0.4, 0.5) is 0 Å². The number of fused-ring (bicyclic) bond motifs is 1. The highest BCUT2D eigenvalue weighted by Gasteiger charge is 2.31. The average molecular weight is 305 g/mol. The fraction of sp³-hybridized carbons (Fsp3) is 0.812. The Morgan fingerprint density at radius 1 is 1.23 bits per heavy atom. The zero-order valence-electron chi connectivity index (χ0n) is 13.3. The van der Waals surface area contributed by atoms with Crippen molar-refractivity contribution >= 4 is 5.91 Å². The third-order valence-electron chi connectivity index (χ3n) is 5.13. The SMILES string of the molecule is NC[C@H]1CCC[C@H]1C(=O)NCCc1nnc2n1CCCCC2. The van der Waals surface area contributed by atoms with Gasteiger partial charge in [-0.3, -0.25) is 4.79 Å². The molecule has 1 aromatic heterocycles. The molecule has 2 atom stereocenters. The Bertz CT molecular complexity index is 513. The summed E-state index contributed by atoms with van der Waals surface area (Å²) in [4.78, 5) is 12.3. The molecule has 0 aromatic carbocycles. The van der Waals surface area contributed by atoms with Crippen LogP contribution in [-0.2, 0) is 24.2 Å². The Morgan fingerprint density at radius 3 is 3.00 bits per heavy atom. The molecule has 0 saturated heterocycles. The second-order valence-electron chi connectivity index (χ2n) is 6.57. The number of carbonyl (C=O) groups excluding carboxylic acids is 1. The van der Waals surface area contributed by atoms with Crippen molar-refractivity contribution in [3.8, 4) is 0 Å². The van der Waals surface area contributed by atoms with Crippen molar-refractivity contribution in [3.63, 3.8) is 0 Å². The summed E-state index contributed by atoms with van der Waals surface area (Å²) < 4.78 is 2.25. The average Bonchev–Trinajstić information content (AvgIpc) is 3.08. The van der Waals surface area contributed by atoms with Crippen LogP contribution in [-0.4, -0.2) is 33.8 Å². The summed E-state index contributed by atoms with van der Waals surface area (Å²) in [6.07, 6.45) is 8.65. The molecule has 3 rings (SSSR count). The minimum atomic E-state index is 0.112. The molecule has 1 amide bonds. The molecule has 1 saturated carbocycles. The maximum absolute atomic E-state index is 12.3. The van der Waals surface area contributed by atoms with E-state index in [1.807, 2.05) is 0 Å². The van der Waals surface area contributed by atoms with E-state index in [9.17, 15) is 4.79 Å². The topological polar surface area (TPSA) is 85.8 Å². The van der Waals surface area contributed by atoms with Crippen molar-refractivity contribution in [1.29, 1.82) is 0 Å². The summed E-state index contributed by atoms with van der Waals surface area (Å²) in [6, 6.07) is 0. The number of hydrogen-bond donors (Lipinski definition) is 2. The van der Waals surface area contributed by atoms with Gasteiger partial charge in [0, 0.05) is 31.8 Å². The van der Waals surface area contributed by atoms with Gasteiger partial charge in [-0.1, -0.05) is 12.8 Å². The Kier molecular flexibility index (Phi) is 5.08. The molecule has 1 aliphatic carbocycles. The van der Waals surface area contributed by atoms with Crippen molar-refractivity contribution in [2.75, 3.05) is 13.1 Å². The van der Waals surface area contributed by atoms with Crippen LogP contribution in [0.25, 0.3) is 0 Å². The zero-order valence-corrected chi connectivity index (χ0v) is 13.3. The minimum Gasteiger partial charge on any atom is -0.355 e. The second kappa shape index (κ2) is 7.22. The number of hydrogen-bond acceptors (Lipinski definition) is 4. The van der Waals surface area contributed by atoms with Crippen molar-refractivity contribution < 1.29 is 4.79 Å². The van der Waals surface area contributed by atoms with Gasteiger partial charge in [0.15, 0.2) is 0 Å². The molecule has 122 valence electrons. The number of aryl methyl sites for hydroxylation is 1. The van der Waals surface area contributed by atoms with Gasteiger partial charge in [-0.25, -0.2) is 0 Å². The van der Waals surface area contributed by atoms with E-state index < -0.39 is 0 Å². The molecule has 0 spiro atoms. The monoisotopic (exact) mass is 305 g/mol. The van der Waals surface area contributed by atoms with E-state index in [-0.39, 0.29) is 11.8 Å². The molecular formula is C16H27N5O. The number of amides is 1. The second-order valence-corrected chi connectivity index (χ2v) is 6.57. The molecule has 0 radical (unpaired) electrons. The predicted molar refractivity (Wildman–Crippen MR) is 84.2 cm³/mol. The zero-order chi connectivity index (χ0) is 15.4. The molecule has 6 heteroatoms. The lowest BCUT2D eigenvalue weighted by molar-refractivity contribution is -0.125. The summed E-state index contributed by atoms with van der Waals surface area (Å²) in [7, 11) is 0. The van der Waals surface area contributed by atoms with Crippen molar-refractivity contribution in [2.24, 2.45) is 17.6 Å². The van der Waals surface area contributed by atoms with Crippen molar-refractivity contribution in [2.45, 2.75) is 57.9 Å². The van der Waals surface area contributed by atoms with Gasteiger partial charge in [0.25, 0.3) is 0 Å². The fourth-order valence-electron chi connectivity index (χ4n) is 3.82. The maximum Gasteiger partial charge on any atom is 0.223 e. The quantitative estimate of drug-likeness (QED) is 0.851. The van der Waals surface area contributed by atoms with Crippen molar-refractivity contribution in [1.82, 2.24) is 20.1 Å². The van der Waals surface area contributed by atoms with E-state index in [1.54, 1.807) is 0 Å². The van der Waals surface area contributed by atoms with Crippen LogP contribution in [0.3, 0.4) is 0 Å². The lowest BCUT2D eigenvalue weighted by Crippen LogP contribution is -2.36. The summed E-state index contributed by atoms with van der Waals surface area (Å²) in [6.45, 7) is 2.28. The van der Waals surface area contributed by atoms with Gasteiger partial charge in [0.05, 0.1) is 0 Å². The fourth-order valence-corrected chi connectivity index (χ4v) is 3.82.